The van der Waals surface area contributed by atoms with Gasteiger partial charge in [-0.1, -0.05) is 6.07 Å². The van der Waals surface area contributed by atoms with Crippen molar-refractivity contribution in [2.75, 3.05) is 0 Å². The minimum atomic E-state index is -2.14. The number of aryl methyl sites for hydroxylation is 1. The van der Waals surface area contributed by atoms with Crippen LogP contribution in [0.15, 0.2) is 18.2 Å². The number of carboxylic acids is 1. The molecule has 1 unspecified atom stereocenters. The lowest BCUT2D eigenvalue weighted by molar-refractivity contribution is -0.352. The fourth-order valence-electron chi connectivity index (χ4n) is 4.15. The zero-order chi connectivity index (χ0) is 21.5. The quantitative estimate of drug-likeness (QED) is 0.389. The molecular formula is C20H27NO8. The molecule has 1 saturated heterocycles. The Hall–Kier alpha value is -2.04. The zero-order valence-electron chi connectivity index (χ0n) is 16.3. The smallest absolute Gasteiger partial charge is 0.325 e. The number of carbonyl (C=O) groups is 2. The molecule has 1 aliphatic heterocycles. The second-order valence-electron chi connectivity index (χ2n) is 7.89. The Kier molecular flexibility index (Phi) is 5.98. The number of aliphatic carboxylic acids is 1. The Morgan fingerprint density at radius 1 is 1.24 bits per heavy atom. The first-order valence-corrected chi connectivity index (χ1v) is 9.67. The highest BCUT2D eigenvalue weighted by molar-refractivity contribution is 5.96. The fraction of sp³-hybridized carbons (Fsp3) is 0.600. The first-order chi connectivity index (χ1) is 13.6. The lowest BCUT2D eigenvalue weighted by Gasteiger charge is -2.49. The fourth-order valence-corrected chi connectivity index (χ4v) is 4.15. The van der Waals surface area contributed by atoms with E-state index in [0.717, 1.165) is 5.56 Å². The third-order valence-electron chi connectivity index (χ3n) is 5.89. The van der Waals surface area contributed by atoms with Gasteiger partial charge in [0.05, 0.1) is 6.10 Å². The number of aliphatic hydroxyl groups excluding tert-OH is 3. The summed E-state index contributed by atoms with van der Waals surface area (Å²) in [5.41, 5.74) is 1.66. The van der Waals surface area contributed by atoms with Crippen molar-refractivity contribution in [3.63, 3.8) is 0 Å². The third kappa shape index (κ3) is 3.88. The number of hydrogen-bond donors (Lipinski definition) is 6. The van der Waals surface area contributed by atoms with Crippen LogP contribution in [0.3, 0.4) is 0 Å². The molecule has 3 rings (SSSR count). The predicted octanol–water partition coefficient (Wildman–Crippen LogP) is -0.501. The van der Waals surface area contributed by atoms with Crippen LogP contribution in [0, 0.1) is 0 Å². The van der Waals surface area contributed by atoms with Crippen molar-refractivity contribution in [2.24, 2.45) is 0 Å². The van der Waals surface area contributed by atoms with Gasteiger partial charge in [-0.05, 0) is 56.4 Å². The zero-order valence-corrected chi connectivity index (χ0v) is 16.3. The van der Waals surface area contributed by atoms with E-state index in [9.17, 15) is 30.0 Å². The summed E-state index contributed by atoms with van der Waals surface area (Å²) in [6.45, 7) is 2.84. The van der Waals surface area contributed by atoms with Crippen molar-refractivity contribution in [1.82, 2.24) is 5.32 Å². The van der Waals surface area contributed by atoms with E-state index in [-0.39, 0.29) is 5.56 Å². The van der Waals surface area contributed by atoms with Crippen molar-refractivity contribution < 1.29 is 39.9 Å². The normalized spacial score (nSPS) is 35.4. The number of fused-ring (bicyclic) bond motifs is 1. The van der Waals surface area contributed by atoms with Crippen LogP contribution in [0.25, 0.3) is 0 Å². The maximum Gasteiger partial charge on any atom is 0.325 e. The average Bonchev–Trinajstić information content (AvgIpc) is 2.69. The van der Waals surface area contributed by atoms with Gasteiger partial charge in [0.25, 0.3) is 5.91 Å². The van der Waals surface area contributed by atoms with E-state index in [4.69, 9.17) is 9.84 Å². The molecule has 0 aromatic heterocycles. The number of aliphatic hydroxyl groups is 4. The Balaban J connectivity index is 1.95. The van der Waals surface area contributed by atoms with E-state index >= 15 is 0 Å². The molecule has 2 aliphatic rings. The molecule has 0 saturated carbocycles. The Labute approximate surface area is 167 Å². The molecule has 1 aromatic carbocycles. The van der Waals surface area contributed by atoms with Crippen LogP contribution in [0.1, 0.15) is 54.1 Å². The van der Waals surface area contributed by atoms with Crippen LogP contribution in [-0.4, -0.2) is 73.7 Å². The van der Waals surface area contributed by atoms with Crippen LogP contribution in [0.4, 0.5) is 0 Å². The third-order valence-corrected chi connectivity index (χ3v) is 5.89. The first-order valence-electron chi connectivity index (χ1n) is 9.67. The molecule has 1 fully saturated rings. The summed E-state index contributed by atoms with van der Waals surface area (Å²) in [5, 5.41) is 53.2. The molecule has 0 radical (unpaired) electrons. The molecule has 0 spiro atoms. The van der Waals surface area contributed by atoms with E-state index in [1.54, 1.807) is 18.2 Å². The number of carbonyl (C=O) groups excluding carboxylic acids is 1. The number of nitrogens with one attached hydrogen (secondary N) is 1. The number of amides is 1. The Bertz CT molecular complexity index is 799. The van der Waals surface area contributed by atoms with Gasteiger partial charge < -0.3 is 35.6 Å². The van der Waals surface area contributed by atoms with Gasteiger partial charge in [0.1, 0.15) is 24.4 Å². The van der Waals surface area contributed by atoms with Crippen molar-refractivity contribution in [1.29, 1.82) is 0 Å². The number of carboxylic acid groups (broad SMARTS) is 1. The Morgan fingerprint density at radius 3 is 2.59 bits per heavy atom. The minimum Gasteiger partial charge on any atom is -0.480 e. The Morgan fingerprint density at radius 2 is 1.93 bits per heavy atom. The molecule has 0 bridgehead atoms. The molecule has 1 aromatic rings. The van der Waals surface area contributed by atoms with E-state index in [2.05, 4.69) is 5.32 Å². The summed E-state index contributed by atoms with van der Waals surface area (Å²) in [7, 11) is 0. The van der Waals surface area contributed by atoms with E-state index in [1.807, 2.05) is 0 Å². The molecule has 1 amide bonds. The molecule has 29 heavy (non-hydrogen) atoms. The SMILES string of the molecule is C[C@H](NC(=O)c1ccc2c(c1)C([C@@]1(O)O[C@@H](C)[C@@H](O)[C@@H](O)[C@@H]1O)CCC2)C(=O)O. The highest BCUT2D eigenvalue weighted by Crippen LogP contribution is 2.45. The maximum atomic E-state index is 12.4. The van der Waals surface area contributed by atoms with Crippen LogP contribution < -0.4 is 5.32 Å². The van der Waals surface area contributed by atoms with Crippen LogP contribution in [0.2, 0.25) is 0 Å². The molecule has 7 atom stereocenters. The van der Waals surface area contributed by atoms with Gasteiger partial charge in [0.15, 0.2) is 0 Å². The second kappa shape index (κ2) is 8.00. The van der Waals surface area contributed by atoms with E-state index < -0.39 is 54.0 Å². The largest absolute Gasteiger partial charge is 0.480 e. The summed E-state index contributed by atoms with van der Waals surface area (Å²) in [4.78, 5) is 23.4. The van der Waals surface area contributed by atoms with Crippen LogP contribution in [0.5, 0.6) is 0 Å². The van der Waals surface area contributed by atoms with Gasteiger partial charge in [-0.15, -0.1) is 0 Å². The summed E-state index contributed by atoms with van der Waals surface area (Å²) in [6.07, 6.45) is -3.75. The number of hydrogen-bond acceptors (Lipinski definition) is 7. The first kappa shape index (κ1) is 21.7. The molecule has 1 heterocycles. The summed E-state index contributed by atoms with van der Waals surface area (Å²) in [5.74, 6) is -4.62. The minimum absolute atomic E-state index is 0.214. The maximum absolute atomic E-state index is 12.4. The van der Waals surface area contributed by atoms with Gasteiger partial charge in [0.2, 0.25) is 5.79 Å². The van der Waals surface area contributed by atoms with Gasteiger partial charge >= 0.3 is 5.97 Å². The monoisotopic (exact) mass is 409 g/mol. The lowest BCUT2D eigenvalue weighted by Crippen LogP contribution is -2.66. The van der Waals surface area contributed by atoms with Gasteiger partial charge in [0, 0.05) is 11.5 Å². The second-order valence-corrected chi connectivity index (χ2v) is 7.89. The summed E-state index contributed by atoms with van der Waals surface area (Å²) >= 11 is 0. The molecule has 9 heteroatoms. The summed E-state index contributed by atoms with van der Waals surface area (Å²) in [6, 6.07) is 3.79. The van der Waals surface area contributed by atoms with Crippen LogP contribution >= 0.6 is 0 Å². The molecule has 160 valence electrons. The highest BCUT2D eigenvalue weighted by atomic mass is 16.7. The average molecular weight is 409 g/mol. The topological polar surface area (TPSA) is 157 Å². The molecule has 6 N–H and O–H groups in total. The predicted molar refractivity (Wildman–Crippen MR) is 100 cm³/mol. The van der Waals surface area contributed by atoms with Crippen molar-refractivity contribution in [3.8, 4) is 0 Å². The van der Waals surface area contributed by atoms with Gasteiger partial charge in [-0.25, -0.2) is 0 Å². The standard InChI is InChI=1S/C20H27NO8/c1-9(19(26)27)21-18(25)12-7-6-11-4-3-5-14(13(11)8-12)20(28)17(24)16(23)15(22)10(2)29-20/h6-10,14-17,22-24,28H,3-5H2,1-2H3,(H,21,25)(H,26,27)/t9-,10-,14?,15+,16+,17-,20+/m0/s1. The van der Waals surface area contributed by atoms with Crippen molar-refractivity contribution in [3.05, 3.63) is 34.9 Å². The number of benzene rings is 1. The molecule has 1 aliphatic carbocycles. The van der Waals surface area contributed by atoms with Gasteiger partial charge in [-0.2, -0.15) is 0 Å². The van der Waals surface area contributed by atoms with Crippen LogP contribution in [-0.2, 0) is 16.0 Å². The van der Waals surface area contributed by atoms with Crippen molar-refractivity contribution >= 4 is 11.9 Å². The lowest BCUT2D eigenvalue weighted by atomic mass is 9.73. The summed E-state index contributed by atoms with van der Waals surface area (Å²) < 4.78 is 5.58. The number of ether oxygens (including phenoxy) is 1. The van der Waals surface area contributed by atoms with Gasteiger partial charge in [-0.3, -0.25) is 9.59 Å². The van der Waals surface area contributed by atoms with E-state index in [0.29, 0.717) is 24.8 Å². The molecular weight excluding hydrogens is 382 g/mol. The number of rotatable bonds is 4. The van der Waals surface area contributed by atoms with E-state index in [1.165, 1.54) is 13.8 Å². The highest BCUT2D eigenvalue weighted by Gasteiger charge is 2.56. The van der Waals surface area contributed by atoms with Crippen molar-refractivity contribution in [2.45, 2.75) is 75.3 Å². The molecule has 9 nitrogen and oxygen atoms in total.